The van der Waals surface area contributed by atoms with Crippen molar-refractivity contribution in [2.45, 2.75) is 45.4 Å². The lowest BCUT2D eigenvalue weighted by molar-refractivity contribution is -0.00573. The Morgan fingerprint density at radius 1 is 1.14 bits per heavy atom. The first kappa shape index (κ1) is 25.0. The molecule has 0 amide bonds. The van der Waals surface area contributed by atoms with Gasteiger partial charge in [0.25, 0.3) is 0 Å². The van der Waals surface area contributed by atoms with Gasteiger partial charge >= 0.3 is 5.69 Å². The second kappa shape index (κ2) is 10.4. The third-order valence-electron chi connectivity index (χ3n) is 6.38. The van der Waals surface area contributed by atoms with Crippen LogP contribution in [0, 0.1) is 0 Å². The first-order valence-corrected chi connectivity index (χ1v) is 12.6. The van der Waals surface area contributed by atoms with Crippen LogP contribution >= 0.6 is 11.6 Å². The molecule has 4 aromatic rings. The molecule has 192 valence electrons. The number of hydrogen-bond donors (Lipinski definition) is 1. The van der Waals surface area contributed by atoms with Crippen LogP contribution < -0.4 is 15.9 Å². The number of ether oxygens (including phenoxy) is 1. The number of benzene rings is 1. The molecule has 0 radical (unpaired) electrons. The first-order valence-electron chi connectivity index (χ1n) is 12.2. The Balaban J connectivity index is 1.47. The fourth-order valence-corrected chi connectivity index (χ4v) is 4.78. The molecule has 37 heavy (non-hydrogen) atoms. The first-order chi connectivity index (χ1) is 17.8. The summed E-state index contributed by atoms with van der Waals surface area (Å²) in [5, 5.41) is 4.63. The molecule has 1 N–H and O–H groups in total. The van der Waals surface area contributed by atoms with Gasteiger partial charge < -0.3 is 15.0 Å². The Bertz CT molecular complexity index is 1470. The molecule has 0 aliphatic carbocycles. The van der Waals surface area contributed by atoms with E-state index in [0.717, 1.165) is 35.2 Å². The number of rotatable bonds is 6. The van der Waals surface area contributed by atoms with E-state index in [0.29, 0.717) is 29.0 Å². The predicted molar refractivity (Wildman–Crippen MR) is 143 cm³/mol. The molecular formula is C26H29ClN8O2. The Labute approximate surface area is 219 Å². The molecule has 11 heteroatoms. The largest absolute Gasteiger partial charge is 0.372 e. The number of fused-ring (bicyclic) bond motifs is 1. The summed E-state index contributed by atoms with van der Waals surface area (Å²) >= 11 is 6.52. The van der Waals surface area contributed by atoms with Crippen LogP contribution in [0.3, 0.4) is 0 Å². The van der Waals surface area contributed by atoms with E-state index in [4.69, 9.17) is 21.3 Å². The third kappa shape index (κ3) is 5.40. The van der Waals surface area contributed by atoms with E-state index in [-0.39, 0.29) is 23.9 Å². The van der Waals surface area contributed by atoms with Crippen molar-refractivity contribution in [1.29, 1.82) is 0 Å². The van der Waals surface area contributed by atoms with Crippen LogP contribution in [-0.2, 0) is 18.2 Å². The number of hydrogen-bond acceptors (Lipinski definition) is 9. The standard InChI is InChI=1S/C26H29ClN8O2/c1-15-13-35(14-16(2)37-15)25-30-12-20(27)21(32-25)11-18-6-7-22-19(10-18)24(33-26(36)34(22)4)31-17(3)23-28-8-5-9-29-23/h5-10,12,15-17H,11,13-14H2,1-4H3,(H,31,33,36)/t15-,16+,17?. The van der Waals surface area contributed by atoms with Crippen molar-refractivity contribution in [2.75, 3.05) is 23.3 Å². The predicted octanol–water partition coefficient (Wildman–Crippen LogP) is 3.54. The maximum absolute atomic E-state index is 12.6. The molecule has 1 saturated heterocycles. The fraction of sp³-hybridized carbons (Fsp3) is 0.385. The van der Waals surface area contributed by atoms with Crippen LogP contribution in [0.2, 0.25) is 5.02 Å². The second-order valence-corrected chi connectivity index (χ2v) is 9.84. The van der Waals surface area contributed by atoms with Crippen molar-refractivity contribution in [1.82, 2.24) is 29.5 Å². The highest BCUT2D eigenvalue weighted by Crippen LogP contribution is 2.27. The lowest BCUT2D eigenvalue weighted by atomic mass is 10.1. The van der Waals surface area contributed by atoms with Gasteiger partial charge in [-0.3, -0.25) is 4.57 Å². The number of aryl methyl sites for hydroxylation is 1. The molecule has 1 unspecified atom stereocenters. The van der Waals surface area contributed by atoms with Gasteiger partial charge in [0.05, 0.1) is 40.7 Å². The third-order valence-corrected chi connectivity index (χ3v) is 6.69. The maximum atomic E-state index is 12.6. The molecule has 3 atom stereocenters. The van der Waals surface area contributed by atoms with Crippen molar-refractivity contribution >= 4 is 34.3 Å². The van der Waals surface area contributed by atoms with Gasteiger partial charge in [-0.05, 0) is 44.5 Å². The minimum absolute atomic E-state index is 0.0979. The molecule has 0 spiro atoms. The Kier molecular flexibility index (Phi) is 7.03. The van der Waals surface area contributed by atoms with E-state index in [1.165, 1.54) is 4.57 Å². The smallest absolute Gasteiger partial charge is 0.349 e. The summed E-state index contributed by atoms with van der Waals surface area (Å²) < 4.78 is 7.38. The van der Waals surface area contributed by atoms with Crippen LogP contribution in [0.4, 0.5) is 11.8 Å². The monoisotopic (exact) mass is 520 g/mol. The van der Waals surface area contributed by atoms with Crippen LogP contribution in [-0.4, -0.2) is 54.8 Å². The Morgan fingerprint density at radius 3 is 2.59 bits per heavy atom. The summed E-state index contributed by atoms with van der Waals surface area (Å²) in [5.74, 6) is 1.73. The SMILES string of the molecule is CC(Nc1nc(=O)n(C)c2ccc(Cc3nc(N4C[C@@H](C)O[C@@H](C)C4)ncc3Cl)cc12)c1ncccn1. The summed E-state index contributed by atoms with van der Waals surface area (Å²) in [6.45, 7) is 7.47. The number of nitrogens with zero attached hydrogens (tertiary/aromatic N) is 7. The molecule has 0 saturated carbocycles. The van der Waals surface area contributed by atoms with Crippen molar-refractivity contribution in [3.63, 3.8) is 0 Å². The quantitative estimate of drug-likeness (QED) is 0.408. The van der Waals surface area contributed by atoms with E-state index < -0.39 is 0 Å². The highest BCUT2D eigenvalue weighted by atomic mass is 35.5. The molecule has 1 aliphatic rings. The van der Waals surface area contributed by atoms with Crippen LogP contribution in [0.15, 0.2) is 47.7 Å². The summed E-state index contributed by atoms with van der Waals surface area (Å²) in [6.07, 6.45) is 5.73. The van der Waals surface area contributed by atoms with Gasteiger partial charge in [0.1, 0.15) is 11.6 Å². The molecule has 0 bridgehead atoms. The lowest BCUT2D eigenvalue weighted by Gasteiger charge is -2.35. The van der Waals surface area contributed by atoms with Crippen molar-refractivity contribution < 1.29 is 4.74 Å². The molecule has 1 aliphatic heterocycles. The van der Waals surface area contributed by atoms with Crippen LogP contribution in [0.1, 0.15) is 43.9 Å². The number of aromatic nitrogens is 6. The van der Waals surface area contributed by atoms with E-state index in [1.54, 1.807) is 31.7 Å². The number of nitrogens with one attached hydrogen (secondary N) is 1. The molecule has 1 fully saturated rings. The van der Waals surface area contributed by atoms with Crippen molar-refractivity contribution in [2.24, 2.45) is 7.05 Å². The molecule has 3 aromatic heterocycles. The number of morpholine rings is 1. The van der Waals surface area contributed by atoms with Crippen molar-refractivity contribution in [3.05, 3.63) is 75.4 Å². The zero-order valence-electron chi connectivity index (χ0n) is 21.2. The van der Waals surface area contributed by atoms with Gasteiger partial charge in [-0.25, -0.2) is 24.7 Å². The summed E-state index contributed by atoms with van der Waals surface area (Å²) in [5.41, 5.74) is 2.13. The normalized spacial score (nSPS) is 18.7. The summed E-state index contributed by atoms with van der Waals surface area (Å²) in [7, 11) is 1.71. The average molecular weight is 521 g/mol. The molecule has 5 rings (SSSR count). The second-order valence-electron chi connectivity index (χ2n) is 9.43. The molecule has 10 nitrogen and oxygen atoms in total. The van der Waals surface area contributed by atoms with E-state index >= 15 is 0 Å². The van der Waals surface area contributed by atoms with Crippen LogP contribution in [0.5, 0.6) is 0 Å². The summed E-state index contributed by atoms with van der Waals surface area (Å²) in [6, 6.07) is 7.43. The molecular weight excluding hydrogens is 492 g/mol. The minimum atomic E-state index is -0.346. The fourth-order valence-electron chi connectivity index (χ4n) is 4.63. The number of anilines is 2. The maximum Gasteiger partial charge on any atom is 0.349 e. The minimum Gasteiger partial charge on any atom is -0.372 e. The van der Waals surface area contributed by atoms with Gasteiger partial charge in [0.15, 0.2) is 0 Å². The van der Waals surface area contributed by atoms with E-state index in [2.05, 4.69) is 30.2 Å². The van der Waals surface area contributed by atoms with Gasteiger partial charge in [-0.2, -0.15) is 4.98 Å². The highest BCUT2D eigenvalue weighted by Gasteiger charge is 2.24. The van der Waals surface area contributed by atoms with Gasteiger partial charge in [-0.1, -0.05) is 17.7 Å². The Hall–Kier alpha value is -3.63. The Morgan fingerprint density at radius 2 is 1.86 bits per heavy atom. The topological polar surface area (TPSA) is 111 Å². The van der Waals surface area contributed by atoms with E-state index in [9.17, 15) is 4.79 Å². The summed E-state index contributed by atoms with van der Waals surface area (Å²) in [4.78, 5) is 36.9. The van der Waals surface area contributed by atoms with Gasteiger partial charge in [-0.15, -0.1) is 0 Å². The average Bonchev–Trinajstić information content (AvgIpc) is 2.88. The van der Waals surface area contributed by atoms with Gasteiger partial charge in [0, 0.05) is 44.3 Å². The van der Waals surface area contributed by atoms with Gasteiger partial charge in [0.2, 0.25) is 5.95 Å². The number of halogens is 1. The lowest BCUT2D eigenvalue weighted by Crippen LogP contribution is -2.46. The zero-order chi connectivity index (χ0) is 26.1. The highest BCUT2D eigenvalue weighted by molar-refractivity contribution is 6.31. The zero-order valence-corrected chi connectivity index (χ0v) is 22.0. The molecule has 1 aromatic carbocycles. The van der Waals surface area contributed by atoms with E-state index in [1.807, 2.05) is 39.0 Å². The molecule has 4 heterocycles. The van der Waals surface area contributed by atoms with Crippen molar-refractivity contribution in [3.8, 4) is 0 Å². The van der Waals surface area contributed by atoms with Crippen LogP contribution in [0.25, 0.3) is 10.9 Å².